The zero-order valence-electron chi connectivity index (χ0n) is 18.7. The molecule has 1 saturated heterocycles. The Morgan fingerprint density at radius 1 is 0.935 bits per heavy atom. The number of benzene rings is 2. The van der Waals surface area contributed by atoms with Gasteiger partial charge in [-0.1, -0.05) is 0 Å². The number of aryl methyl sites for hydroxylation is 2. The van der Waals surface area contributed by atoms with Gasteiger partial charge in [-0.2, -0.15) is 0 Å². The third-order valence-corrected chi connectivity index (χ3v) is 13.8. The van der Waals surface area contributed by atoms with Gasteiger partial charge >= 0.3 is 186 Å². The number of nitrogens with one attached hydrogen (secondary N) is 1. The standard InChI is InChI=1S/C26H34NO3P/c1-20-10-9-11-21(2)24(20)27-25(29)26(14-15-26)31(16-7-4-8-17-31)19-23(28)30-18-22-12-5-3-6-13-22/h3,5-6,9-13,31H,4,7-8,14-19H2,1-2H3,(H,27,29). The van der Waals surface area contributed by atoms with Gasteiger partial charge in [0.25, 0.3) is 0 Å². The molecule has 2 fully saturated rings. The van der Waals surface area contributed by atoms with Crippen LogP contribution in [0.15, 0.2) is 48.5 Å². The maximum atomic E-state index is 13.6. The van der Waals surface area contributed by atoms with Crippen LogP contribution >= 0.6 is 7.26 Å². The van der Waals surface area contributed by atoms with Crippen LogP contribution in [0.2, 0.25) is 0 Å². The van der Waals surface area contributed by atoms with Crippen molar-refractivity contribution < 1.29 is 14.3 Å². The van der Waals surface area contributed by atoms with Crippen LogP contribution < -0.4 is 5.32 Å². The van der Waals surface area contributed by atoms with E-state index in [1.807, 2.05) is 62.4 Å². The summed E-state index contributed by atoms with van der Waals surface area (Å²) in [6, 6.07) is 15.9. The molecule has 1 N–H and O–H groups in total. The molecule has 1 aliphatic heterocycles. The first-order valence-electron chi connectivity index (χ1n) is 11.5. The first-order valence-corrected chi connectivity index (χ1v) is 14.2. The Morgan fingerprint density at radius 3 is 2.19 bits per heavy atom. The van der Waals surface area contributed by atoms with Gasteiger partial charge in [0.2, 0.25) is 0 Å². The van der Waals surface area contributed by atoms with E-state index in [4.69, 9.17) is 4.74 Å². The van der Waals surface area contributed by atoms with Crippen LogP contribution in [0.25, 0.3) is 0 Å². The van der Waals surface area contributed by atoms with Crippen LogP contribution in [0, 0.1) is 13.8 Å². The van der Waals surface area contributed by atoms with Crippen molar-refractivity contribution in [3.8, 4) is 0 Å². The molecule has 1 heterocycles. The van der Waals surface area contributed by atoms with Gasteiger partial charge < -0.3 is 0 Å². The number of carbonyl (C=O) groups is 2. The monoisotopic (exact) mass is 439 g/mol. The fourth-order valence-corrected chi connectivity index (χ4v) is 11.6. The molecule has 2 aliphatic rings. The van der Waals surface area contributed by atoms with Crippen molar-refractivity contribution >= 4 is 24.8 Å². The topological polar surface area (TPSA) is 55.4 Å². The van der Waals surface area contributed by atoms with Gasteiger partial charge in [-0.25, -0.2) is 0 Å². The Bertz CT molecular complexity index is 926. The van der Waals surface area contributed by atoms with Crippen LogP contribution in [0.1, 0.15) is 48.8 Å². The predicted molar refractivity (Wildman–Crippen MR) is 130 cm³/mol. The summed E-state index contributed by atoms with van der Waals surface area (Å²) in [7, 11) is -2.14. The Labute approximate surface area is 186 Å². The Morgan fingerprint density at radius 2 is 1.58 bits per heavy atom. The predicted octanol–water partition coefficient (Wildman–Crippen LogP) is 5.45. The molecule has 0 spiro atoms. The van der Waals surface area contributed by atoms with Crippen molar-refractivity contribution in [2.75, 3.05) is 23.8 Å². The summed E-state index contributed by atoms with van der Waals surface area (Å²) in [5.74, 6) is 0.0258. The van der Waals surface area contributed by atoms with Crippen molar-refractivity contribution in [3.05, 3.63) is 65.2 Å². The average molecular weight is 440 g/mol. The number of amides is 1. The van der Waals surface area contributed by atoms with Gasteiger partial charge in [0, 0.05) is 0 Å². The quantitative estimate of drug-likeness (QED) is 0.461. The normalized spacial score (nSPS) is 19.8. The second-order valence-electron chi connectivity index (χ2n) is 9.47. The van der Waals surface area contributed by atoms with Crippen molar-refractivity contribution in [3.63, 3.8) is 0 Å². The van der Waals surface area contributed by atoms with Crippen LogP contribution in [0.5, 0.6) is 0 Å². The van der Waals surface area contributed by atoms with E-state index in [0.29, 0.717) is 12.8 Å². The number of esters is 1. The SMILES string of the molecule is Cc1cccc(C)c1NC(=O)C1([PH]2(CC(=O)OCc3ccccc3)CCCCC2)CC1. The molecule has 31 heavy (non-hydrogen) atoms. The fourth-order valence-electron chi connectivity index (χ4n) is 5.49. The summed E-state index contributed by atoms with van der Waals surface area (Å²) < 4.78 is 5.68. The maximum absolute atomic E-state index is 13.6. The van der Waals surface area contributed by atoms with Crippen molar-refractivity contribution in [1.29, 1.82) is 0 Å². The van der Waals surface area contributed by atoms with Crippen LogP contribution in [-0.2, 0) is 20.9 Å². The summed E-state index contributed by atoms with van der Waals surface area (Å²) in [6.45, 7) is 4.39. The van der Waals surface area contributed by atoms with Gasteiger partial charge in [-0.05, 0) is 0 Å². The number of hydrogen-bond acceptors (Lipinski definition) is 3. The van der Waals surface area contributed by atoms with E-state index < -0.39 is 7.26 Å². The minimum atomic E-state index is -2.14. The first kappa shape index (κ1) is 22.0. The minimum absolute atomic E-state index is 0.122. The Hall–Kier alpha value is -2.19. The summed E-state index contributed by atoms with van der Waals surface area (Å²) in [4.78, 5) is 26.6. The van der Waals surface area contributed by atoms with Gasteiger partial charge in [-0.3, -0.25) is 0 Å². The number of rotatable bonds is 7. The molecule has 4 nitrogen and oxygen atoms in total. The number of carbonyl (C=O) groups excluding carboxylic acids is 2. The van der Waals surface area contributed by atoms with Gasteiger partial charge in [0.15, 0.2) is 0 Å². The zero-order chi connectivity index (χ0) is 21.9. The fraction of sp³-hybridized carbons (Fsp3) is 0.462. The van der Waals surface area contributed by atoms with E-state index in [0.717, 1.165) is 60.4 Å². The van der Waals surface area contributed by atoms with E-state index >= 15 is 0 Å². The second-order valence-corrected chi connectivity index (χ2v) is 14.3. The van der Waals surface area contributed by atoms with E-state index in [1.165, 1.54) is 6.42 Å². The van der Waals surface area contributed by atoms with E-state index in [-0.39, 0.29) is 17.0 Å². The van der Waals surface area contributed by atoms with Gasteiger partial charge in [0.1, 0.15) is 0 Å². The molecule has 2 aromatic carbocycles. The van der Waals surface area contributed by atoms with Crippen molar-refractivity contribution in [2.45, 2.75) is 57.7 Å². The molecule has 0 aromatic heterocycles. The zero-order valence-corrected chi connectivity index (χ0v) is 19.7. The van der Waals surface area contributed by atoms with Gasteiger partial charge in [-0.15, -0.1) is 0 Å². The molecule has 5 heteroatoms. The molecule has 1 aliphatic carbocycles. The Kier molecular flexibility index (Phi) is 6.48. The number of para-hydroxylation sites is 1. The molecule has 0 atom stereocenters. The summed E-state index contributed by atoms with van der Waals surface area (Å²) in [5, 5.41) is 2.97. The summed E-state index contributed by atoms with van der Waals surface area (Å²) in [5.41, 5.74) is 4.12. The number of anilines is 1. The molecule has 2 aromatic rings. The van der Waals surface area contributed by atoms with Crippen molar-refractivity contribution in [2.24, 2.45) is 0 Å². The second kappa shape index (κ2) is 9.12. The molecule has 1 saturated carbocycles. The molecule has 0 bridgehead atoms. The molecular formula is C26H34NO3P. The van der Waals surface area contributed by atoms with Crippen molar-refractivity contribution in [1.82, 2.24) is 0 Å². The first-order chi connectivity index (χ1) is 15.0. The molecule has 0 radical (unpaired) electrons. The molecule has 4 rings (SSSR count). The summed E-state index contributed by atoms with van der Waals surface area (Å²) >= 11 is 0. The van der Waals surface area contributed by atoms with E-state index in [1.54, 1.807) is 0 Å². The summed E-state index contributed by atoms with van der Waals surface area (Å²) in [6.07, 6.45) is 7.92. The van der Waals surface area contributed by atoms with E-state index in [2.05, 4.69) is 5.32 Å². The van der Waals surface area contributed by atoms with E-state index in [9.17, 15) is 9.59 Å². The third-order valence-electron chi connectivity index (χ3n) is 7.46. The molecular weight excluding hydrogens is 405 g/mol. The third kappa shape index (κ3) is 4.55. The number of hydrogen-bond donors (Lipinski definition) is 1. The van der Waals surface area contributed by atoms with Crippen LogP contribution in [0.4, 0.5) is 5.69 Å². The molecule has 1 amide bonds. The van der Waals surface area contributed by atoms with Crippen LogP contribution in [-0.4, -0.2) is 35.5 Å². The Balaban J connectivity index is 1.51. The molecule has 166 valence electrons. The molecule has 0 unspecified atom stereocenters. The van der Waals surface area contributed by atoms with Gasteiger partial charge in [0.05, 0.1) is 0 Å². The average Bonchev–Trinajstić information content (AvgIpc) is 3.59. The van der Waals surface area contributed by atoms with Crippen LogP contribution in [0.3, 0.4) is 0 Å². The number of ether oxygens (including phenoxy) is 1.